The molecule has 0 fully saturated rings. The number of hydrogen-bond donors (Lipinski definition) is 1. The molecule has 0 aromatic carbocycles. The van der Waals surface area contributed by atoms with Crippen LogP contribution in [-0.2, 0) is 0 Å². The van der Waals surface area contributed by atoms with Crippen LogP contribution in [0.1, 0.15) is 40.5 Å². The molecule has 0 radical (unpaired) electrons. The third-order valence-corrected chi connectivity index (χ3v) is 3.52. The average Bonchev–Trinajstić information content (AvgIpc) is 2.12. The third-order valence-electron chi connectivity index (χ3n) is 2.53. The molecule has 1 nitrogen and oxygen atoms in total. The second-order valence-corrected chi connectivity index (χ2v) is 5.06. The summed E-state index contributed by atoms with van der Waals surface area (Å²) in [4.78, 5) is 0. The first-order valence-corrected chi connectivity index (χ1v) is 6.68. The molecule has 0 amide bonds. The van der Waals surface area contributed by atoms with Gasteiger partial charge in [-0.3, -0.25) is 0 Å². The molecular weight excluding hydrogens is 178 g/mol. The van der Waals surface area contributed by atoms with Gasteiger partial charge in [0, 0.05) is 6.04 Å². The van der Waals surface area contributed by atoms with E-state index >= 15 is 0 Å². The number of thioether (sulfide) groups is 1. The fourth-order valence-corrected chi connectivity index (χ4v) is 2.08. The molecule has 0 aliphatic heterocycles. The molecule has 2 unspecified atom stereocenters. The van der Waals surface area contributed by atoms with Gasteiger partial charge in [-0.1, -0.05) is 20.8 Å². The summed E-state index contributed by atoms with van der Waals surface area (Å²) >= 11 is 2.05. The van der Waals surface area contributed by atoms with Crippen molar-refractivity contribution in [3.8, 4) is 0 Å². The molecule has 0 spiro atoms. The van der Waals surface area contributed by atoms with Crippen LogP contribution in [0, 0.1) is 5.92 Å². The molecule has 13 heavy (non-hydrogen) atoms. The van der Waals surface area contributed by atoms with Crippen LogP contribution >= 0.6 is 11.8 Å². The zero-order chi connectivity index (χ0) is 10.1. The van der Waals surface area contributed by atoms with Crippen molar-refractivity contribution >= 4 is 11.8 Å². The lowest BCUT2D eigenvalue weighted by atomic mass is 9.98. The highest BCUT2D eigenvalue weighted by Crippen LogP contribution is 2.13. The smallest absolute Gasteiger partial charge is 0.00642 e. The maximum Gasteiger partial charge on any atom is 0.00642 e. The fourth-order valence-electron chi connectivity index (χ4n) is 1.42. The van der Waals surface area contributed by atoms with Crippen molar-refractivity contribution in [3.63, 3.8) is 0 Å². The Balaban J connectivity index is 3.32. The number of rotatable bonds is 8. The first-order chi connectivity index (χ1) is 6.22. The number of nitrogens with one attached hydrogen (secondary N) is 1. The quantitative estimate of drug-likeness (QED) is 0.608. The van der Waals surface area contributed by atoms with Gasteiger partial charge < -0.3 is 5.32 Å². The first-order valence-electron chi connectivity index (χ1n) is 5.53. The van der Waals surface area contributed by atoms with Gasteiger partial charge in [-0.2, -0.15) is 11.8 Å². The average molecular weight is 203 g/mol. The Kier molecular flexibility index (Phi) is 9.10. The lowest BCUT2D eigenvalue weighted by Gasteiger charge is -2.20. The van der Waals surface area contributed by atoms with Crippen LogP contribution in [0.2, 0.25) is 0 Å². The normalized spacial score (nSPS) is 15.7. The van der Waals surface area contributed by atoms with Crippen LogP contribution in [0.5, 0.6) is 0 Å². The van der Waals surface area contributed by atoms with Gasteiger partial charge in [0.25, 0.3) is 0 Å². The molecule has 0 saturated carbocycles. The van der Waals surface area contributed by atoms with Gasteiger partial charge in [0.2, 0.25) is 0 Å². The van der Waals surface area contributed by atoms with E-state index < -0.39 is 0 Å². The highest BCUT2D eigenvalue weighted by molar-refractivity contribution is 7.99. The summed E-state index contributed by atoms with van der Waals surface area (Å²) in [6.45, 7) is 10.1. The third kappa shape index (κ3) is 7.39. The van der Waals surface area contributed by atoms with Crippen LogP contribution in [0.25, 0.3) is 0 Å². The van der Waals surface area contributed by atoms with E-state index in [-0.39, 0.29) is 0 Å². The molecule has 0 rings (SSSR count). The van der Waals surface area contributed by atoms with Crippen molar-refractivity contribution in [1.29, 1.82) is 0 Å². The molecule has 0 aliphatic carbocycles. The second-order valence-electron chi connectivity index (χ2n) is 3.66. The standard InChI is InChI=1S/C11H25NS/c1-5-12-11(4)10(3)8-7-9-13-6-2/h10-12H,5-9H2,1-4H3. The molecule has 0 aliphatic rings. The summed E-state index contributed by atoms with van der Waals surface area (Å²) in [6, 6.07) is 0.677. The molecule has 0 saturated heterocycles. The summed E-state index contributed by atoms with van der Waals surface area (Å²) in [5, 5.41) is 3.48. The van der Waals surface area contributed by atoms with Crippen molar-refractivity contribution < 1.29 is 0 Å². The van der Waals surface area contributed by atoms with E-state index in [0.29, 0.717) is 6.04 Å². The van der Waals surface area contributed by atoms with Crippen LogP contribution in [0.4, 0.5) is 0 Å². The van der Waals surface area contributed by atoms with Crippen molar-refractivity contribution in [2.75, 3.05) is 18.1 Å². The van der Waals surface area contributed by atoms with E-state index in [9.17, 15) is 0 Å². The maximum absolute atomic E-state index is 3.48. The van der Waals surface area contributed by atoms with Gasteiger partial charge in [0.05, 0.1) is 0 Å². The van der Waals surface area contributed by atoms with Gasteiger partial charge in [0.15, 0.2) is 0 Å². The van der Waals surface area contributed by atoms with Gasteiger partial charge in [-0.15, -0.1) is 0 Å². The highest BCUT2D eigenvalue weighted by Gasteiger charge is 2.09. The predicted molar refractivity (Wildman–Crippen MR) is 64.5 cm³/mol. The van der Waals surface area contributed by atoms with Crippen LogP contribution < -0.4 is 5.32 Å². The van der Waals surface area contributed by atoms with Crippen LogP contribution in [0.3, 0.4) is 0 Å². The van der Waals surface area contributed by atoms with Gasteiger partial charge >= 0.3 is 0 Å². The molecule has 0 heterocycles. The SMILES string of the molecule is CCNC(C)C(C)CCCSCC. The lowest BCUT2D eigenvalue weighted by Crippen LogP contribution is -2.31. The Labute approximate surface area is 88.1 Å². The monoisotopic (exact) mass is 203 g/mol. The van der Waals surface area contributed by atoms with Crippen molar-refractivity contribution in [2.45, 2.75) is 46.6 Å². The molecule has 0 aromatic heterocycles. The fraction of sp³-hybridized carbons (Fsp3) is 1.00. The Morgan fingerprint density at radius 2 is 1.92 bits per heavy atom. The van der Waals surface area contributed by atoms with Crippen LogP contribution in [0.15, 0.2) is 0 Å². The second kappa shape index (κ2) is 8.89. The highest BCUT2D eigenvalue weighted by atomic mass is 32.2. The molecule has 80 valence electrons. The summed E-state index contributed by atoms with van der Waals surface area (Å²) in [7, 11) is 0. The zero-order valence-electron chi connectivity index (χ0n) is 9.60. The Bertz CT molecular complexity index is 106. The first kappa shape index (κ1) is 13.3. The predicted octanol–water partition coefficient (Wildman–Crippen LogP) is 3.15. The summed E-state index contributed by atoms with van der Waals surface area (Å²) in [5.41, 5.74) is 0. The van der Waals surface area contributed by atoms with Gasteiger partial charge in [0.1, 0.15) is 0 Å². The Morgan fingerprint density at radius 1 is 1.23 bits per heavy atom. The molecule has 2 heteroatoms. The lowest BCUT2D eigenvalue weighted by molar-refractivity contribution is 0.384. The minimum atomic E-state index is 0.677. The van der Waals surface area contributed by atoms with E-state index in [1.165, 1.54) is 24.3 Å². The molecule has 0 aromatic rings. The number of hydrogen-bond acceptors (Lipinski definition) is 2. The van der Waals surface area contributed by atoms with Crippen molar-refractivity contribution in [1.82, 2.24) is 5.32 Å². The van der Waals surface area contributed by atoms with E-state index in [1.54, 1.807) is 0 Å². The minimum absolute atomic E-state index is 0.677. The Morgan fingerprint density at radius 3 is 2.46 bits per heavy atom. The summed E-state index contributed by atoms with van der Waals surface area (Å²) in [5.74, 6) is 3.41. The van der Waals surface area contributed by atoms with Crippen molar-refractivity contribution in [3.05, 3.63) is 0 Å². The molecule has 2 atom stereocenters. The minimum Gasteiger partial charge on any atom is -0.314 e. The maximum atomic E-state index is 3.48. The van der Waals surface area contributed by atoms with Gasteiger partial charge in [-0.05, 0) is 43.7 Å². The van der Waals surface area contributed by atoms with Crippen LogP contribution in [-0.4, -0.2) is 24.1 Å². The van der Waals surface area contributed by atoms with E-state index in [4.69, 9.17) is 0 Å². The Hall–Kier alpha value is 0.310. The summed E-state index contributed by atoms with van der Waals surface area (Å²) < 4.78 is 0. The largest absolute Gasteiger partial charge is 0.314 e. The van der Waals surface area contributed by atoms with E-state index in [2.05, 4.69) is 44.8 Å². The topological polar surface area (TPSA) is 12.0 Å². The summed E-state index contributed by atoms with van der Waals surface area (Å²) in [6.07, 6.45) is 2.73. The molecule has 0 bridgehead atoms. The van der Waals surface area contributed by atoms with Crippen molar-refractivity contribution in [2.24, 2.45) is 5.92 Å². The van der Waals surface area contributed by atoms with E-state index in [1.807, 2.05) is 0 Å². The zero-order valence-corrected chi connectivity index (χ0v) is 10.4. The molecular formula is C11H25NS. The van der Waals surface area contributed by atoms with Gasteiger partial charge in [-0.25, -0.2) is 0 Å². The van der Waals surface area contributed by atoms with E-state index in [0.717, 1.165) is 12.5 Å². The molecule has 1 N–H and O–H groups in total.